The molecule has 0 saturated carbocycles. The van der Waals surface area contributed by atoms with Crippen LogP contribution in [0.4, 0.5) is 0 Å². The van der Waals surface area contributed by atoms with Gasteiger partial charge in [-0.1, -0.05) is 28.1 Å². The Hall–Kier alpha value is -0.800. The SMILES string of the molecule is CCOc1ccc(C=CC(=O)CCl)c(Br)c1. The minimum atomic E-state index is -0.109. The quantitative estimate of drug-likeness (QED) is 0.613. The van der Waals surface area contributed by atoms with Gasteiger partial charge in [0.25, 0.3) is 0 Å². The van der Waals surface area contributed by atoms with Crippen molar-refractivity contribution in [2.24, 2.45) is 0 Å². The van der Waals surface area contributed by atoms with Crippen molar-refractivity contribution in [3.05, 3.63) is 34.3 Å². The first-order valence-electron chi connectivity index (χ1n) is 4.86. The lowest BCUT2D eigenvalue weighted by molar-refractivity contribution is -0.112. The highest BCUT2D eigenvalue weighted by Crippen LogP contribution is 2.24. The summed E-state index contributed by atoms with van der Waals surface area (Å²) >= 11 is 8.81. The fourth-order valence-corrected chi connectivity index (χ4v) is 1.71. The van der Waals surface area contributed by atoms with Crippen LogP contribution in [0, 0.1) is 0 Å². The molecule has 0 aliphatic heterocycles. The molecule has 1 rings (SSSR count). The second-order valence-electron chi connectivity index (χ2n) is 3.05. The molecular weight excluding hydrogens is 291 g/mol. The third-order valence-electron chi connectivity index (χ3n) is 1.86. The first kappa shape index (κ1) is 13.3. The maximum atomic E-state index is 11.0. The summed E-state index contributed by atoms with van der Waals surface area (Å²) in [6, 6.07) is 5.61. The van der Waals surface area contributed by atoms with Crippen LogP contribution in [0.1, 0.15) is 12.5 Å². The molecule has 4 heteroatoms. The van der Waals surface area contributed by atoms with Crippen molar-refractivity contribution >= 4 is 39.4 Å². The zero-order chi connectivity index (χ0) is 12.0. The Morgan fingerprint density at radius 1 is 1.56 bits per heavy atom. The van der Waals surface area contributed by atoms with Gasteiger partial charge in [0.05, 0.1) is 12.5 Å². The number of carbonyl (C=O) groups is 1. The van der Waals surface area contributed by atoms with E-state index in [0.29, 0.717) is 6.61 Å². The molecule has 0 N–H and O–H groups in total. The summed E-state index contributed by atoms with van der Waals surface area (Å²) in [6.45, 7) is 2.56. The van der Waals surface area contributed by atoms with Gasteiger partial charge in [-0.15, -0.1) is 11.6 Å². The summed E-state index contributed by atoms with van der Waals surface area (Å²) in [5, 5.41) is 0. The Morgan fingerprint density at radius 3 is 2.88 bits per heavy atom. The van der Waals surface area contributed by atoms with Crippen molar-refractivity contribution in [2.45, 2.75) is 6.92 Å². The average Bonchev–Trinajstić information content (AvgIpc) is 2.28. The summed E-state index contributed by atoms with van der Waals surface area (Å²) in [5.41, 5.74) is 0.918. The van der Waals surface area contributed by atoms with Gasteiger partial charge in [0.2, 0.25) is 0 Å². The molecule has 2 nitrogen and oxygen atoms in total. The van der Waals surface area contributed by atoms with Crippen LogP contribution in [-0.4, -0.2) is 18.3 Å². The maximum Gasteiger partial charge on any atom is 0.170 e. The molecule has 0 saturated heterocycles. The highest BCUT2D eigenvalue weighted by molar-refractivity contribution is 9.10. The minimum Gasteiger partial charge on any atom is -0.494 e. The predicted octanol–water partition coefficient (Wildman–Crippen LogP) is 3.67. The first-order valence-corrected chi connectivity index (χ1v) is 6.19. The van der Waals surface area contributed by atoms with Crippen LogP contribution in [-0.2, 0) is 4.79 Å². The van der Waals surface area contributed by atoms with E-state index in [4.69, 9.17) is 16.3 Å². The second-order valence-corrected chi connectivity index (χ2v) is 4.17. The van der Waals surface area contributed by atoms with Gasteiger partial charge >= 0.3 is 0 Å². The number of rotatable bonds is 5. The monoisotopic (exact) mass is 302 g/mol. The van der Waals surface area contributed by atoms with Crippen LogP contribution in [0.3, 0.4) is 0 Å². The molecule has 86 valence electrons. The summed E-state index contributed by atoms with van der Waals surface area (Å²) < 4.78 is 6.23. The number of benzene rings is 1. The van der Waals surface area contributed by atoms with E-state index in [1.807, 2.05) is 25.1 Å². The molecule has 16 heavy (non-hydrogen) atoms. The van der Waals surface area contributed by atoms with Crippen LogP contribution in [0.15, 0.2) is 28.7 Å². The first-order chi connectivity index (χ1) is 7.67. The number of ether oxygens (including phenoxy) is 1. The summed E-state index contributed by atoms with van der Waals surface area (Å²) in [7, 11) is 0. The smallest absolute Gasteiger partial charge is 0.170 e. The van der Waals surface area contributed by atoms with Gasteiger partial charge in [-0.05, 0) is 30.7 Å². The maximum absolute atomic E-state index is 11.0. The largest absolute Gasteiger partial charge is 0.494 e. The number of hydrogen-bond acceptors (Lipinski definition) is 2. The van der Waals surface area contributed by atoms with Gasteiger partial charge in [0.1, 0.15) is 5.75 Å². The molecule has 0 spiro atoms. The van der Waals surface area contributed by atoms with E-state index in [-0.39, 0.29) is 11.7 Å². The van der Waals surface area contributed by atoms with Gasteiger partial charge in [0, 0.05) is 4.47 Å². The molecule has 0 amide bonds. The Balaban J connectivity index is 2.82. The number of carbonyl (C=O) groups excluding carboxylic acids is 1. The molecule has 0 aromatic heterocycles. The Kier molecular flexibility index (Phi) is 5.56. The van der Waals surface area contributed by atoms with Crippen molar-refractivity contribution in [1.82, 2.24) is 0 Å². The van der Waals surface area contributed by atoms with Crippen molar-refractivity contribution in [3.63, 3.8) is 0 Å². The standard InChI is InChI=1S/C12H12BrClO2/c1-2-16-11-6-4-9(12(13)7-11)3-5-10(15)8-14/h3-7H,2,8H2,1H3. The van der Waals surface area contributed by atoms with E-state index in [9.17, 15) is 4.79 Å². The molecule has 1 aromatic carbocycles. The van der Waals surface area contributed by atoms with Gasteiger partial charge in [-0.3, -0.25) is 4.79 Å². The molecule has 0 aliphatic carbocycles. The molecule has 0 fully saturated rings. The molecule has 1 aromatic rings. The fraction of sp³-hybridized carbons (Fsp3) is 0.250. The Morgan fingerprint density at radius 2 is 2.31 bits per heavy atom. The zero-order valence-electron chi connectivity index (χ0n) is 8.87. The summed E-state index contributed by atoms with van der Waals surface area (Å²) in [5.74, 6) is 0.697. The molecule has 0 heterocycles. The van der Waals surface area contributed by atoms with E-state index < -0.39 is 0 Å². The number of alkyl halides is 1. The van der Waals surface area contributed by atoms with Crippen LogP contribution in [0.25, 0.3) is 6.08 Å². The normalized spacial score (nSPS) is 10.7. The second kappa shape index (κ2) is 6.71. The third-order valence-corrected chi connectivity index (χ3v) is 2.81. The average molecular weight is 304 g/mol. The predicted molar refractivity (Wildman–Crippen MR) is 70.1 cm³/mol. The lowest BCUT2D eigenvalue weighted by Crippen LogP contribution is -1.93. The highest BCUT2D eigenvalue weighted by Gasteiger charge is 2.00. The van der Waals surface area contributed by atoms with Gasteiger partial charge in [-0.2, -0.15) is 0 Å². The van der Waals surface area contributed by atoms with Crippen LogP contribution in [0.5, 0.6) is 5.75 Å². The fourth-order valence-electron chi connectivity index (χ4n) is 1.13. The number of ketones is 1. The number of halogens is 2. The summed E-state index contributed by atoms with van der Waals surface area (Å²) in [4.78, 5) is 11.0. The van der Waals surface area contributed by atoms with Crippen LogP contribution >= 0.6 is 27.5 Å². The molecule has 0 atom stereocenters. The van der Waals surface area contributed by atoms with E-state index in [0.717, 1.165) is 15.8 Å². The van der Waals surface area contributed by atoms with Gasteiger partial charge < -0.3 is 4.74 Å². The van der Waals surface area contributed by atoms with E-state index in [1.54, 1.807) is 6.08 Å². The summed E-state index contributed by atoms with van der Waals surface area (Å²) in [6.07, 6.45) is 3.19. The number of hydrogen-bond donors (Lipinski definition) is 0. The topological polar surface area (TPSA) is 26.3 Å². The van der Waals surface area contributed by atoms with Crippen molar-refractivity contribution in [1.29, 1.82) is 0 Å². The van der Waals surface area contributed by atoms with Gasteiger partial charge in [0.15, 0.2) is 5.78 Å². The minimum absolute atomic E-state index is 0.00511. The van der Waals surface area contributed by atoms with Crippen LogP contribution in [0.2, 0.25) is 0 Å². The van der Waals surface area contributed by atoms with E-state index in [2.05, 4.69) is 15.9 Å². The molecule has 0 radical (unpaired) electrons. The third kappa shape index (κ3) is 3.99. The van der Waals surface area contributed by atoms with E-state index >= 15 is 0 Å². The van der Waals surface area contributed by atoms with Crippen molar-refractivity contribution < 1.29 is 9.53 Å². The highest BCUT2D eigenvalue weighted by atomic mass is 79.9. The number of allylic oxidation sites excluding steroid dienone is 1. The van der Waals surface area contributed by atoms with Crippen molar-refractivity contribution in [3.8, 4) is 5.75 Å². The molecular formula is C12H12BrClO2. The van der Waals surface area contributed by atoms with Crippen molar-refractivity contribution in [2.75, 3.05) is 12.5 Å². The molecule has 0 aliphatic rings. The molecule has 0 bridgehead atoms. The van der Waals surface area contributed by atoms with Gasteiger partial charge in [-0.25, -0.2) is 0 Å². The van der Waals surface area contributed by atoms with E-state index in [1.165, 1.54) is 6.08 Å². The van der Waals surface area contributed by atoms with Crippen LogP contribution < -0.4 is 4.74 Å². The lowest BCUT2D eigenvalue weighted by atomic mass is 10.2. The zero-order valence-corrected chi connectivity index (χ0v) is 11.2. The Bertz CT molecular complexity index is 402. The lowest BCUT2D eigenvalue weighted by Gasteiger charge is -2.04. The molecule has 0 unspecified atom stereocenters. The Labute approximate surface area is 108 Å².